The molecule has 7 heteroatoms. The molecule has 1 amide bonds. The predicted octanol–water partition coefficient (Wildman–Crippen LogP) is 1.52. The Kier molecular flexibility index (Phi) is 4.48. The van der Waals surface area contributed by atoms with Crippen LogP contribution >= 0.6 is 11.8 Å². The van der Waals surface area contributed by atoms with E-state index in [1.807, 2.05) is 11.2 Å². The Morgan fingerprint density at radius 1 is 1.41 bits per heavy atom. The lowest BCUT2D eigenvalue weighted by Gasteiger charge is -2.21. The Balaban J connectivity index is 1.75. The van der Waals surface area contributed by atoms with Crippen LogP contribution in [0.1, 0.15) is 24.8 Å². The predicted molar refractivity (Wildman–Crippen MR) is 84.7 cm³/mol. The molecule has 0 aromatic carbocycles. The van der Waals surface area contributed by atoms with Crippen molar-refractivity contribution in [3.05, 3.63) is 11.8 Å². The van der Waals surface area contributed by atoms with Crippen molar-refractivity contribution in [3.8, 4) is 6.07 Å². The number of carbonyl (C=O) groups is 1. The van der Waals surface area contributed by atoms with Gasteiger partial charge in [-0.15, -0.1) is 0 Å². The highest BCUT2D eigenvalue weighted by Gasteiger charge is 2.33. The van der Waals surface area contributed by atoms with Crippen LogP contribution in [0.3, 0.4) is 0 Å². The van der Waals surface area contributed by atoms with E-state index in [-0.39, 0.29) is 11.8 Å². The van der Waals surface area contributed by atoms with Crippen LogP contribution in [0.25, 0.3) is 0 Å². The van der Waals surface area contributed by atoms with Crippen molar-refractivity contribution in [2.45, 2.75) is 24.4 Å². The number of rotatable bonds is 3. The maximum absolute atomic E-state index is 12.5. The fraction of sp³-hybridized carbons (Fsp3) is 0.600. The van der Waals surface area contributed by atoms with Gasteiger partial charge in [0.25, 0.3) is 0 Å². The van der Waals surface area contributed by atoms with Crippen LogP contribution < -0.4 is 4.90 Å². The lowest BCUT2D eigenvalue weighted by molar-refractivity contribution is -0.133. The SMILES string of the molecule is CSc1ncc(C#N)c(N2CCC(C(=O)N3CCCC3)C2)n1. The van der Waals surface area contributed by atoms with Crippen molar-refractivity contribution in [1.82, 2.24) is 14.9 Å². The normalized spacial score (nSPS) is 21.2. The first-order valence-corrected chi connectivity index (χ1v) is 8.80. The van der Waals surface area contributed by atoms with Crippen molar-refractivity contribution in [1.29, 1.82) is 5.26 Å². The molecule has 1 aromatic heterocycles. The summed E-state index contributed by atoms with van der Waals surface area (Å²) < 4.78 is 0. The molecular formula is C15H19N5OS. The first-order chi connectivity index (χ1) is 10.7. The van der Waals surface area contributed by atoms with Crippen LogP contribution in [0.4, 0.5) is 5.82 Å². The van der Waals surface area contributed by atoms with Gasteiger partial charge in [-0.3, -0.25) is 4.79 Å². The molecule has 6 nitrogen and oxygen atoms in total. The van der Waals surface area contributed by atoms with Crippen LogP contribution in [0.2, 0.25) is 0 Å². The van der Waals surface area contributed by atoms with E-state index in [1.54, 1.807) is 6.20 Å². The molecule has 1 unspecified atom stereocenters. The number of thioether (sulfide) groups is 1. The van der Waals surface area contributed by atoms with E-state index in [0.29, 0.717) is 23.1 Å². The molecule has 1 aromatic rings. The van der Waals surface area contributed by atoms with E-state index in [1.165, 1.54) is 11.8 Å². The first kappa shape index (κ1) is 15.1. The summed E-state index contributed by atoms with van der Waals surface area (Å²) >= 11 is 1.45. The molecular weight excluding hydrogens is 298 g/mol. The van der Waals surface area contributed by atoms with E-state index in [2.05, 4.69) is 20.9 Å². The second-order valence-corrected chi connectivity index (χ2v) is 6.44. The molecule has 0 saturated carbocycles. The average Bonchev–Trinajstić information content (AvgIpc) is 3.25. The van der Waals surface area contributed by atoms with Crippen LogP contribution in [0, 0.1) is 17.2 Å². The highest BCUT2D eigenvalue weighted by molar-refractivity contribution is 7.98. The quantitative estimate of drug-likeness (QED) is 0.621. The number of anilines is 1. The Bertz CT molecular complexity index is 608. The minimum atomic E-state index is 0.0253. The highest BCUT2D eigenvalue weighted by Crippen LogP contribution is 2.28. The molecule has 22 heavy (non-hydrogen) atoms. The third-order valence-corrected chi connectivity index (χ3v) is 4.87. The second-order valence-electron chi connectivity index (χ2n) is 5.67. The van der Waals surface area contributed by atoms with Gasteiger partial charge in [0.15, 0.2) is 11.0 Å². The minimum absolute atomic E-state index is 0.0253. The smallest absolute Gasteiger partial charge is 0.227 e. The van der Waals surface area contributed by atoms with Crippen molar-refractivity contribution in [2.24, 2.45) is 5.92 Å². The lowest BCUT2D eigenvalue weighted by Crippen LogP contribution is -2.35. The average molecular weight is 317 g/mol. The minimum Gasteiger partial charge on any atom is -0.355 e. The van der Waals surface area contributed by atoms with Crippen molar-refractivity contribution < 1.29 is 4.79 Å². The summed E-state index contributed by atoms with van der Waals surface area (Å²) in [5.41, 5.74) is 0.479. The van der Waals surface area contributed by atoms with Gasteiger partial charge in [-0.1, -0.05) is 11.8 Å². The van der Waals surface area contributed by atoms with E-state index in [0.717, 1.165) is 38.9 Å². The molecule has 116 valence electrons. The van der Waals surface area contributed by atoms with Gasteiger partial charge in [0.2, 0.25) is 5.91 Å². The van der Waals surface area contributed by atoms with Gasteiger partial charge in [-0.25, -0.2) is 9.97 Å². The summed E-state index contributed by atoms with van der Waals surface area (Å²) in [5.74, 6) is 0.952. The molecule has 1 atom stereocenters. The third-order valence-electron chi connectivity index (χ3n) is 4.30. The summed E-state index contributed by atoms with van der Waals surface area (Å²) in [6.45, 7) is 3.20. The maximum atomic E-state index is 12.5. The van der Waals surface area contributed by atoms with Gasteiger partial charge in [-0.2, -0.15) is 5.26 Å². The molecule has 0 spiro atoms. The molecule has 0 aliphatic carbocycles. The number of nitrogens with zero attached hydrogens (tertiary/aromatic N) is 5. The van der Waals surface area contributed by atoms with Gasteiger partial charge in [0.05, 0.1) is 12.1 Å². The maximum Gasteiger partial charge on any atom is 0.227 e. The monoisotopic (exact) mass is 317 g/mol. The van der Waals surface area contributed by atoms with Gasteiger partial charge < -0.3 is 9.80 Å². The third kappa shape index (κ3) is 2.88. The molecule has 2 aliphatic rings. The molecule has 3 rings (SSSR count). The van der Waals surface area contributed by atoms with Crippen molar-refractivity contribution in [3.63, 3.8) is 0 Å². The number of hydrogen-bond acceptors (Lipinski definition) is 6. The fourth-order valence-corrected chi connectivity index (χ4v) is 3.46. The zero-order valence-electron chi connectivity index (χ0n) is 12.7. The van der Waals surface area contributed by atoms with Crippen LogP contribution in [-0.2, 0) is 4.79 Å². The summed E-state index contributed by atoms with van der Waals surface area (Å²) in [7, 11) is 0. The number of amides is 1. The summed E-state index contributed by atoms with van der Waals surface area (Å²) in [6, 6.07) is 2.15. The number of nitriles is 1. The van der Waals surface area contributed by atoms with Crippen molar-refractivity contribution >= 4 is 23.5 Å². The van der Waals surface area contributed by atoms with E-state index < -0.39 is 0 Å². The summed E-state index contributed by atoms with van der Waals surface area (Å²) in [5, 5.41) is 9.91. The number of hydrogen-bond donors (Lipinski definition) is 0. The highest BCUT2D eigenvalue weighted by atomic mass is 32.2. The number of likely N-dealkylation sites (tertiary alicyclic amines) is 1. The van der Waals surface area contributed by atoms with Crippen LogP contribution in [0.5, 0.6) is 0 Å². The second kappa shape index (κ2) is 6.53. The van der Waals surface area contributed by atoms with Crippen LogP contribution in [0.15, 0.2) is 11.4 Å². The lowest BCUT2D eigenvalue weighted by atomic mass is 10.1. The summed E-state index contributed by atoms with van der Waals surface area (Å²) in [4.78, 5) is 25.1. The fourth-order valence-electron chi connectivity index (χ4n) is 3.13. The summed E-state index contributed by atoms with van der Waals surface area (Å²) in [6.07, 6.45) is 6.55. The van der Waals surface area contributed by atoms with E-state index >= 15 is 0 Å². The standard InChI is InChI=1S/C15H19N5OS/c1-22-15-17-9-12(8-16)13(18-15)20-7-4-11(10-20)14(21)19-5-2-3-6-19/h9,11H,2-7,10H2,1H3. The van der Waals surface area contributed by atoms with Gasteiger partial charge in [0, 0.05) is 26.2 Å². The number of carbonyl (C=O) groups excluding carboxylic acids is 1. The molecule has 3 heterocycles. The van der Waals surface area contributed by atoms with E-state index in [4.69, 9.17) is 0 Å². The van der Waals surface area contributed by atoms with Crippen LogP contribution in [-0.4, -0.2) is 53.2 Å². The zero-order valence-corrected chi connectivity index (χ0v) is 13.5. The van der Waals surface area contributed by atoms with E-state index in [9.17, 15) is 10.1 Å². The molecule has 2 saturated heterocycles. The number of aromatic nitrogens is 2. The Morgan fingerprint density at radius 3 is 2.86 bits per heavy atom. The van der Waals surface area contributed by atoms with Crippen molar-refractivity contribution in [2.75, 3.05) is 37.3 Å². The largest absolute Gasteiger partial charge is 0.355 e. The van der Waals surface area contributed by atoms with Gasteiger partial charge in [0.1, 0.15) is 11.6 Å². The molecule has 2 aliphatic heterocycles. The van der Waals surface area contributed by atoms with Gasteiger partial charge in [-0.05, 0) is 25.5 Å². The molecule has 0 bridgehead atoms. The van der Waals surface area contributed by atoms with Gasteiger partial charge >= 0.3 is 0 Å². The molecule has 2 fully saturated rings. The molecule has 0 N–H and O–H groups in total. The molecule has 0 radical (unpaired) electrons. The topological polar surface area (TPSA) is 73.1 Å². The zero-order chi connectivity index (χ0) is 15.5. The Labute approximate surface area is 134 Å². The Morgan fingerprint density at radius 2 is 2.18 bits per heavy atom. The first-order valence-electron chi connectivity index (χ1n) is 7.58. The Hall–Kier alpha value is -1.81.